The SMILES string of the molecule is CCCCCCC/C=C\C/C=C\C/C=C\CCCCCCCCCCCCCCCCC(=O)OC(COC(=O)CCCCCCCCCCCCCCCCCCCCCCCCCCCCCCCCCCCCCCCCCCC)COC(OCC[N+](C)(C)C)C(=O)O. The van der Waals surface area contributed by atoms with Gasteiger partial charge >= 0.3 is 17.9 Å². The van der Waals surface area contributed by atoms with Crippen LogP contribution in [0.2, 0.25) is 0 Å². The molecule has 0 aliphatic heterocycles. The van der Waals surface area contributed by atoms with Crippen molar-refractivity contribution in [3.63, 3.8) is 0 Å². The minimum absolute atomic E-state index is 0.177. The molecule has 2 atom stereocenters. The van der Waals surface area contributed by atoms with Crippen LogP contribution in [-0.2, 0) is 33.3 Å². The van der Waals surface area contributed by atoms with Crippen molar-refractivity contribution in [3.05, 3.63) is 36.5 Å². The maximum atomic E-state index is 13.0. The second kappa shape index (κ2) is 77.3. The van der Waals surface area contributed by atoms with Crippen molar-refractivity contribution in [1.82, 2.24) is 0 Å². The van der Waals surface area contributed by atoms with Crippen LogP contribution in [0.5, 0.6) is 0 Å². The maximum absolute atomic E-state index is 13.0. The Kier molecular flexibility index (Phi) is 75.2. The molecule has 0 aliphatic rings. The van der Waals surface area contributed by atoms with E-state index in [4.69, 9.17) is 18.9 Å². The summed E-state index contributed by atoms with van der Waals surface area (Å²) in [6.45, 7) is 4.95. The quantitative estimate of drug-likeness (QED) is 0.0211. The molecule has 2 unspecified atom stereocenters. The van der Waals surface area contributed by atoms with Gasteiger partial charge in [-0.05, 0) is 51.4 Å². The van der Waals surface area contributed by atoms with Crippen LogP contribution in [0.15, 0.2) is 36.5 Å². The van der Waals surface area contributed by atoms with Crippen LogP contribution in [0.1, 0.15) is 438 Å². The molecule has 9 heteroatoms. The number of carbonyl (C=O) groups excluding carboxylic acids is 2. The summed E-state index contributed by atoms with van der Waals surface area (Å²) in [6, 6.07) is 0. The molecule has 0 saturated heterocycles. The Morgan fingerprint density at radius 3 is 0.842 bits per heavy atom. The van der Waals surface area contributed by atoms with E-state index < -0.39 is 18.4 Å². The van der Waals surface area contributed by atoms with E-state index in [9.17, 15) is 19.5 Å². The smallest absolute Gasteiger partial charge is 0.361 e. The van der Waals surface area contributed by atoms with Crippen molar-refractivity contribution in [2.75, 3.05) is 47.5 Å². The van der Waals surface area contributed by atoms with Gasteiger partial charge in [-0.15, -0.1) is 0 Å². The number of aliphatic carboxylic acids is 1. The lowest BCUT2D eigenvalue weighted by Gasteiger charge is -2.25. The molecular formula is C86H164NO8+. The van der Waals surface area contributed by atoms with Gasteiger partial charge in [-0.1, -0.05) is 410 Å². The molecule has 0 amide bonds. The highest BCUT2D eigenvalue weighted by atomic mass is 16.7. The average Bonchev–Trinajstić information content (AvgIpc) is 2.86. The van der Waals surface area contributed by atoms with Gasteiger partial charge in [-0.2, -0.15) is 0 Å². The minimum Gasteiger partial charge on any atom is -0.477 e. The number of allylic oxidation sites excluding steroid dienone is 6. The van der Waals surface area contributed by atoms with Gasteiger partial charge < -0.3 is 28.5 Å². The molecule has 0 aromatic heterocycles. The molecule has 0 rings (SSSR count). The van der Waals surface area contributed by atoms with E-state index in [1.54, 1.807) is 0 Å². The number of likely N-dealkylation sites (N-methyl/N-ethyl adjacent to an activating group) is 1. The number of hydrogen-bond donors (Lipinski definition) is 1. The van der Waals surface area contributed by atoms with Crippen molar-refractivity contribution >= 4 is 17.9 Å². The molecule has 560 valence electrons. The second-order valence-electron chi connectivity index (χ2n) is 30.2. The van der Waals surface area contributed by atoms with Crippen LogP contribution < -0.4 is 0 Å². The van der Waals surface area contributed by atoms with Gasteiger partial charge in [-0.25, -0.2) is 4.79 Å². The highest BCUT2D eigenvalue weighted by molar-refractivity contribution is 5.71. The van der Waals surface area contributed by atoms with Crippen molar-refractivity contribution in [2.45, 2.75) is 450 Å². The van der Waals surface area contributed by atoms with E-state index in [0.29, 0.717) is 17.4 Å². The summed E-state index contributed by atoms with van der Waals surface area (Å²) in [6.07, 6.45) is 97.6. The molecule has 0 spiro atoms. The number of quaternary nitrogens is 1. The fourth-order valence-corrected chi connectivity index (χ4v) is 13.0. The van der Waals surface area contributed by atoms with Gasteiger partial charge in [0.2, 0.25) is 0 Å². The third-order valence-electron chi connectivity index (χ3n) is 19.4. The molecule has 0 aromatic rings. The molecule has 0 aliphatic carbocycles. The lowest BCUT2D eigenvalue weighted by Crippen LogP contribution is -2.40. The predicted molar refractivity (Wildman–Crippen MR) is 411 cm³/mol. The Balaban J connectivity index is 3.91. The van der Waals surface area contributed by atoms with Crippen molar-refractivity contribution in [3.8, 4) is 0 Å². The molecule has 0 aromatic carbocycles. The topological polar surface area (TPSA) is 108 Å². The molecule has 0 saturated carbocycles. The Hall–Kier alpha value is -2.49. The summed E-state index contributed by atoms with van der Waals surface area (Å²) < 4.78 is 23.1. The first-order chi connectivity index (χ1) is 46.6. The van der Waals surface area contributed by atoms with E-state index in [1.807, 2.05) is 21.1 Å². The zero-order valence-corrected chi connectivity index (χ0v) is 64.4. The highest BCUT2D eigenvalue weighted by Gasteiger charge is 2.25. The maximum Gasteiger partial charge on any atom is 0.361 e. The Morgan fingerprint density at radius 2 is 0.568 bits per heavy atom. The summed E-state index contributed by atoms with van der Waals surface area (Å²) in [7, 11) is 6.00. The van der Waals surface area contributed by atoms with Crippen molar-refractivity contribution in [1.29, 1.82) is 0 Å². The Bertz CT molecular complexity index is 1650. The van der Waals surface area contributed by atoms with Gasteiger partial charge in [0.05, 0.1) is 34.4 Å². The van der Waals surface area contributed by atoms with Gasteiger partial charge in [-0.3, -0.25) is 9.59 Å². The third kappa shape index (κ3) is 78.7. The van der Waals surface area contributed by atoms with Gasteiger partial charge in [0, 0.05) is 12.8 Å². The van der Waals surface area contributed by atoms with E-state index in [2.05, 4.69) is 50.3 Å². The van der Waals surface area contributed by atoms with E-state index in [-0.39, 0.29) is 38.2 Å². The number of carbonyl (C=O) groups is 3. The van der Waals surface area contributed by atoms with Crippen LogP contribution in [0.25, 0.3) is 0 Å². The monoisotopic (exact) mass is 1340 g/mol. The first-order valence-electron chi connectivity index (χ1n) is 42.2. The summed E-state index contributed by atoms with van der Waals surface area (Å²) in [5.74, 6) is -1.97. The minimum atomic E-state index is -1.51. The zero-order valence-electron chi connectivity index (χ0n) is 64.4. The summed E-state index contributed by atoms with van der Waals surface area (Å²) in [5, 5.41) is 9.78. The van der Waals surface area contributed by atoms with Crippen LogP contribution >= 0.6 is 0 Å². The molecule has 0 radical (unpaired) electrons. The first-order valence-corrected chi connectivity index (χ1v) is 42.2. The number of nitrogens with zero attached hydrogens (tertiary/aromatic N) is 1. The number of hydrogen-bond acceptors (Lipinski definition) is 7. The lowest BCUT2D eigenvalue weighted by atomic mass is 10.0. The normalized spacial score (nSPS) is 12.7. The summed E-state index contributed by atoms with van der Waals surface area (Å²) >= 11 is 0. The average molecular weight is 1340 g/mol. The standard InChI is InChI=1S/C86H163NO8/c1-6-8-10-12-14-16-18-20-22-24-26-28-30-32-34-36-37-38-39-40-41-42-43-44-45-46-47-49-50-52-54-56-58-60-62-64-66-68-70-72-74-76-83(88)93-80-82(81-94-86(85(90)91)92-79-78-87(3,4)5)95-84(89)77-75-73-71-69-67-65-63-61-59-57-55-53-51-48-35-33-31-29-27-25-23-21-19-17-15-13-11-9-7-2/h19,21,25,27,31,33,82,86H,6-18,20,22-24,26,28-30,32,34-81H2,1-5H3/p+1/b21-19-,27-25-,33-31-. The number of rotatable bonds is 80. The summed E-state index contributed by atoms with van der Waals surface area (Å²) in [4.78, 5) is 37.7. The molecule has 95 heavy (non-hydrogen) atoms. The third-order valence-corrected chi connectivity index (χ3v) is 19.4. The summed E-state index contributed by atoms with van der Waals surface area (Å²) in [5.41, 5.74) is 0. The Morgan fingerprint density at radius 1 is 0.316 bits per heavy atom. The molecular weight excluding hydrogens is 1170 g/mol. The van der Waals surface area contributed by atoms with Gasteiger partial charge in [0.15, 0.2) is 6.10 Å². The van der Waals surface area contributed by atoms with Crippen LogP contribution in [0, 0.1) is 0 Å². The molecule has 0 bridgehead atoms. The van der Waals surface area contributed by atoms with E-state index in [1.165, 1.54) is 360 Å². The van der Waals surface area contributed by atoms with Crippen molar-refractivity contribution in [2.24, 2.45) is 0 Å². The Labute approximate surface area is 591 Å². The number of unbranched alkanes of at least 4 members (excludes halogenated alkanes) is 59. The fraction of sp³-hybridized carbons (Fsp3) is 0.895. The fourth-order valence-electron chi connectivity index (χ4n) is 13.0. The number of ether oxygens (including phenoxy) is 4. The van der Waals surface area contributed by atoms with E-state index in [0.717, 1.165) is 51.4 Å². The van der Waals surface area contributed by atoms with Crippen LogP contribution in [-0.4, -0.2) is 87.4 Å². The van der Waals surface area contributed by atoms with Crippen LogP contribution in [0.3, 0.4) is 0 Å². The predicted octanol–water partition coefficient (Wildman–Crippen LogP) is 27.0. The van der Waals surface area contributed by atoms with E-state index >= 15 is 0 Å². The zero-order chi connectivity index (χ0) is 69.0. The second-order valence-corrected chi connectivity index (χ2v) is 30.2. The van der Waals surface area contributed by atoms with Gasteiger partial charge in [0.1, 0.15) is 13.2 Å². The molecule has 1 N–H and O–H groups in total. The van der Waals surface area contributed by atoms with Crippen molar-refractivity contribution < 1.29 is 42.9 Å². The molecule has 0 fully saturated rings. The van der Waals surface area contributed by atoms with Gasteiger partial charge in [0.25, 0.3) is 6.29 Å². The molecule has 9 nitrogen and oxygen atoms in total. The molecule has 0 heterocycles. The highest BCUT2D eigenvalue weighted by Crippen LogP contribution is 2.21. The largest absolute Gasteiger partial charge is 0.477 e. The number of carboxylic acids is 1. The van der Waals surface area contributed by atoms with Crippen LogP contribution in [0.4, 0.5) is 0 Å². The first kappa shape index (κ1) is 92.5. The number of carboxylic acid groups (broad SMARTS) is 1. The number of esters is 2. The lowest BCUT2D eigenvalue weighted by molar-refractivity contribution is -0.870.